The van der Waals surface area contributed by atoms with Gasteiger partial charge in [0.05, 0.1) is 4.90 Å². The number of benzene rings is 1. The van der Waals surface area contributed by atoms with E-state index in [-0.39, 0.29) is 9.37 Å². The first-order valence-corrected chi connectivity index (χ1v) is 8.13. The fourth-order valence-electron chi connectivity index (χ4n) is 1.81. The van der Waals surface area contributed by atoms with E-state index in [2.05, 4.69) is 15.9 Å². The Morgan fingerprint density at radius 3 is 2.61 bits per heavy atom. The van der Waals surface area contributed by atoms with Gasteiger partial charge in [-0.3, -0.25) is 0 Å². The first kappa shape index (κ1) is 14.0. The number of hydrogen-bond donors (Lipinski definition) is 0. The van der Waals surface area contributed by atoms with Crippen molar-refractivity contribution in [1.29, 1.82) is 0 Å². The molecule has 1 aromatic rings. The Morgan fingerprint density at radius 2 is 2.11 bits per heavy atom. The summed E-state index contributed by atoms with van der Waals surface area (Å²) in [4.78, 5) is 0.131. The summed E-state index contributed by atoms with van der Waals surface area (Å²) in [6, 6.07) is 3.66. The van der Waals surface area contributed by atoms with Crippen molar-refractivity contribution in [3.05, 3.63) is 28.5 Å². The minimum Gasteiger partial charge on any atom is -0.207 e. The van der Waals surface area contributed by atoms with Gasteiger partial charge in [0.2, 0.25) is 10.0 Å². The summed E-state index contributed by atoms with van der Waals surface area (Å²) in [5.74, 6) is 0.0324. The molecule has 6 heteroatoms. The Kier molecular flexibility index (Phi) is 4.08. The van der Waals surface area contributed by atoms with E-state index in [4.69, 9.17) is 0 Å². The molecule has 0 amide bonds. The van der Waals surface area contributed by atoms with Crippen molar-refractivity contribution in [1.82, 2.24) is 4.31 Å². The molecule has 1 aromatic carbocycles. The SMILES string of the molecule is CCN(CC1CC1)S(=O)(=O)c1ccc(F)cc1Br. The standard InChI is InChI=1S/C12H15BrFNO2S/c1-2-15(8-9-3-4-9)18(16,17)12-6-5-10(14)7-11(12)13/h5-7,9H,2-4,8H2,1H3. The van der Waals surface area contributed by atoms with Crippen molar-refractivity contribution in [2.45, 2.75) is 24.7 Å². The summed E-state index contributed by atoms with van der Waals surface area (Å²) in [5.41, 5.74) is 0. The Labute approximate surface area is 115 Å². The predicted octanol–water partition coefficient (Wildman–Crippen LogP) is 3.01. The molecule has 0 bridgehead atoms. The van der Waals surface area contributed by atoms with Gasteiger partial charge in [0, 0.05) is 17.6 Å². The summed E-state index contributed by atoms with van der Waals surface area (Å²) in [6.45, 7) is 2.81. The second kappa shape index (κ2) is 5.27. The number of hydrogen-bond acceptors (Lipinski definition) is 2. The van der Waals surface area contributed by atoms with Gasteiger partial charge in [-0.2, -0.15) is 4.31 Å². The average Bonchev–Trinajstić information content (AvgIpc) is 3.08. The molecule has 1 aliphatic carbocycles. The van der Waals surface area contributed by atoms with E-state index in [1.807, 2.05) is 6.92 Å². The van der Waals surface area contributed by atoms with Crippen LogP contribution < -0.4 is 0 Å². The van der Waals surface area contributed by atoms with E-state index in [1.54, 1.807) is 0 Å². The minimum atomic E-state index is -3.53. The third-order valence-corrected chi connectivity index (χ3v) is 5.94. The first-order valence-electron chi connectivity index (χ1n) is 5.90. The Bertz CT molecular complexity index is 543. The molecule has 1 saturated carbocycles. The van der Waals surface area contributed by atoms with Crippen LogP contribution in [0.15, 0.2) is 27.6 Å². The van der Waals surface area contributed by atoms with Gasteiger partial charge in [-0.15, -0.1) is 0 Å². The van der Waals surface area contributed by atoms with Crippen molar-refractivity contribution in [2.75, 3.05) is 13.1 Å². The zero-order valence-electron chi connectivity index (χ0n) is 10.1. The quantitative estimate of drug-likeness (QED) is 0.829. The van der Waals surface area contributed by atoms with Gasteiger partial charge in [0.1, 0.15) is 5.82 Å². The molecular weight excluding hydrogens is 321 g/mol. The lowest BCUT2D eigenvalue weighted by atomic mass is 10.3. The predicted molar refractivity (Wildman–Crippen MR) is 71.3 cm³/mol. The first-order chi connectivity index (χ1) is 8.45. The number of sulfonamides is 1. The maximum absolute atomic E-state index is 13.0. The van der Waals surface area contributed by atoms with Crippen molar-refractivity contribution >= 4 is 26.0 Å². The summed E-state index contributed by atoms with van der Waals surface area (Å²) in [7, 11) is -3.53. The molecule has 0 heterocycles. The second-order valence-corrected chi connectivity index (χ2v) is 7.23. The van der Waals surface area contributed by atoms with Gasteiger partial charge in [0.25, 0.3) is 0 Å². The van der Waals surface area contributed by atoms with Gasteiger partial charge in [-0.05, 0) is 52.9 Å². The van der Waals surface area contributed by atoms with Crippen LogP contribution in [0.5, 0.6) is 0 Å². The highest BCUT2D eigenvalue weighted by Gasteiger charge is 2.31. The van der Waals surface area contributed by atoms with Crippen molar-refractivity contribution in [2.24, 2.45) is 5.92 Å². The van der Waals surface area contributed by atoms with Crippen LogP contribution in [0.2, 0.25) is 0 Å². The van der Waals surface area contributed by atoms with E-state index in [1.165, 1.54) is 22.5 Å². The van der Waals surface area contributed by atoms with Crippen molar-refractivity contribution < 1.29 is 12.8 Å². The van der Waals surface area contributed by atoms with Crippen LogP contribution in [0.25, 0.3) is 0 Å². The van der Waals surface area contributed by atoms with Crippen LogP contribution in [-0.4, -0.2) is 25.8 Å². The smallest absolute Gasteiger partial charge is 0.207 e. The number of halogens is 2. The molecule has 0 N–H and O–H groups in total. The summed E-state index contributed by atoms with van der Waals surface area (Å²) in [6.07, 6.45) is 2.19. The lowest BCUT2D eigenvalue weighted by molar-refractivity contribution is 0.411. The minimum absolute atomic E-state index is 0.131. The van der Waals surface area contributed by atoms with Crippen LogP contribution in [-0.2, 0) is 10.0 Å². The van der Waals surface area contributed by atoms with E-state index < -0.39 is 15.8 Å². The molecular formula is C12H15BrFNO2S. The zero-order chi connectivity index (χ0) is 13.3. The summed E-state index contributed by atoms with van der Waals surface area (Å²) < 4.78 is 39.6. The van der Waals surface area contributed by atoms with Gasteiger partial charge in [0.15, 0.2) is 0 Å². The zero-order valence-corrected chi connectivity index (χ0v) is 12.5. The van der Waals surface area contributed by atoms with E-state index in [0.29, 0.717) is 19.0 Å². The molecule has 0 aromatic heterocycles. The maximum Gasteiger partial charge on any atom is 0.244 e. The molecule has 0 radical (unpaired) electrons. The highest BCUT2D eigenvalue weighted by Crippen LogP contribution is 2.33. The average molecular weight is 336 g/mol. The normalized spacial score (nSPS) is 16.2. The van der Waals surface area contributed by atoms with Gasteiger partial charge in [-0.1, -0.05) is 6.92 Å². The van der Waals surface area contributed by atoms with Crippen LogP contribution in [0.4, 0.5) is 4.39 Å². The number of nitrogens with zero attached hydrogens (tertiary/aromatic N) is 1. The Morgan fingerprint density at radius 1 is 1.44 bits per heavy atom. The van der Waals surface area contributed by atoms with Gasteiger partial charge in [-0.25, -0.2) is 12.8 Å². The highest BCUT2D eigenvalue weighted by atomic mass is 79.9. The topological polar surface area (TPSA) is 37.4 Å². The fourth-order valence-corrected chi connectivity index (χ4v) is 4.34. The molecule has 0 saturated heterocycles. The molecule has 0 spiro atoms. The monoisotopic (exact) mass is 335 g/mol. The summed E-state index contributed by atoms with van der Waals surface area (Å²) >= 11 is 3.12. The lowest BCUT2D eigenvalue weighted by Gasteiger charge is -2.21. The molecule has 0 aliphatic heterocycles. The van der Waals surface area contributed by atoms with Gasteiger partial charge >= 0.3 is 0 Å². The van der Waals surface area contributed by atoms with E-state index >= 15 is 0 Å². The fraction of sp³-hybridized carbons (Fsp3) is 0.500. The molecule has 0 atom stereocenters. The third-order valence-electron chi connectivity index (χ3n) is 3.02. The van der Waals surface area contributed by atoms with E-state index in [9.17, 15) is 12.8 Å². The Hall–Kier alpha value is -0.460. The highest BCUT2D eigenvalue weighted by molar-refractivity contribution is 9.10. The van der Waals surface area contributed by atoms with Crippen LogP contribution >= 0.6 is 15.9 Å². The number of rotatable bonds is 5. The largest absolute Gasteiger partial charge is 0.244 e. The third kappa shape index (κ3) is 2.92. The van der Waals surface area contributed by atoms with Crippen LogP contribution in [0.1, 0.15) is 19.8 Å². The van der Waals surface area contributed by atoms with Crippen LogP contribution in [0.3, 0.4) is 0 Å². The molecule has 1 fully saturated rings. The molecule has 18 heavy (non-hydrogen) atoms. The molecule has 3 nitrogen and oxygen atoms in total. The maximum atomic E-state index is 13.0. The molecule has 1 aliphatic rings. The second-order valence-electron chi connectivity index (χ2n) is 4.47. The Balaban J connectivity index is 2.32. The molecule has 0 unspecified atom stereocenters. The molecule has 100 valence electrons. The van der Waals surface area contributed by atoms with Gasteiger partial charge < -0.3 is 0 Å². The summed E-state index contributed by atoms with van der Waals surface area (Å²) in [5, 5.41) is 0. The molecule has 2 rings (SSSR count). The van der Waals surface area contributed by atoms with Crippen molar-refractivity contribution in [3.8, 4) is 0 Å². The van der Waals surface area contributed by atoms with Crippen LogP contribution in [0, 0.1) is 11.7 Å². The van der Waals surface area contributed by atoms with E-state index in [0.717, 1.165) is 12.8 Å². The van der Waals surface area contributed by atoms with Crippen molar-refractivity contribution in [3.63, 3.8) is 0 Å². The lowest BCUT2D eigenvalue weighted by Crippen LogP contribution is -2.33.